The topological polar surface area (TPSA) is 70.2 Å². The highest BCUT2D eigenvalue weighted by Gasteiger charge is 2.16. The van der Waals surface area contributed by atoms with E-state index in [4.69, 9.17) is 0 Å². The number of carbonyl (C=O) groups excluding carboxylic acids is 2. The van der Waals surface area contributed by atoms with Crippen LogP contribution in [0, 0.1) is 24.4 Å². The van der Waals surface area contributed by atoms with Crippen LogP contribution >= 0.6 is 0 Å². The molecule has 0 heterocycles. The lowest BCUT2D eigenvalue weighted by Crippen LogP contribution is -2.33. The van der Waals surface area contributed by atoms with Gasteiger partial charge in [0, 0.05) is 5.69 Å². The molecule has 0 fully saturated rings. The molecule has 0 unspecified atom stereocenters. The third-order valence-corrected chi connectivity index (χ3v) is 4.22. The molecule has 8 heteroatoms. The molecule has 2 amide bonds. The molecule has 0 spiro atoms. The van der Waals surface area contributed by atoms with Crippen LogP contribution in [-0.2, 0) is 4.79 Å². The van der Waals surface area contributed by atoms with Crippen LogP contribution in [0.1, 0.15) is 15.9 Å². The van der Waals surface area contributed by atoms with Crippen LogP contribution in [0.3, 0.4) is 0 Å². The normalized spacial score (nSPS) is 10.4. The molecule has 5 nitrogen and oxygen atoms in total. The molecule has 0 atom stereocenters. The number of benzene rings is 3. The monoisotopic (exact) mass is 413 g/mol. The summed E-state index contributed by atoms with van der Waals surface area (Å²) >= 11 is 0. The van der Waals surface area contributed by atoms with Gasteiger partial charge in [-0.3, -0.25) is 9.59 Å². The molecular formula is C22H18F3N3O2. The van der Waals surface area contributed by atoms with Gasteiger partial charge in [0.2, 0.25) is 5.91 Å². The number of nitrogens with one attached hydrogen (secondary N) is 3. The second-order valence-corrected chi connectivity index (χ2v) is 6.49. The number of aryl methyl sites for hydroxylation is 1. The minimum atomic E-state index is -1.69. The van der Waals surface area contributed by atoms with Crippen molar-refractivity contribution in [3.05, 3.63) is 89.2 Å². The number of rotatable bonds is 6. The number of para-hydroxylation sites is 1. The molecule has 0 aliphatic carbocycles. The van der Waals surface area contributed by atoms with Gasteiger partial charge in [0.25, 0.3) is 5.91 Å². The first kappa shape index (κ1) is 20.9. The van der Waals surface area contributed by atoms with E-state index in [1.165, 1.54) is 0 Å². The second kappa shape index (κ2) is 9.13. The van der Waals surface area contributed by atoms with Gasteiger partial charge in [0.15, 0.2) is 17.5 Å². The van der Waals surface area contributed by atoms with Crippen molar-refractivity contribution >= 4 is 28.9 Å². The molecule has 154 valence electrons. The van der Waals surface area contributed by atoms with Gasteiger partial charge >= 0.3 is 0 Å². The van der Waals surface area contributed by atoms with Gasteiger partial charge in [0.05, 0.1) is 23.5 Å². The lowest BCUT2D eigenvalue weighted by Gasteiger charge is -2.13. The number of hydrogen-bond donors (Lipinski definition) is 3. The Balaban J connectivity index is 1.64. The van der Waals surface area contributed by atoms with Crippen molar-refractivity contribution in [2.45, 2.75) is 6.92 Å². The van der Waals surface area contributed by atoms with E-state index >= 15 is 0 Å². The number of hydrogen-bond acceptors (Lipinski definition) is 3. The average Bonchev–Trinajstić information content (AvgIpc) is 2.74. The average molecular weight is 413 g/mol. The largest absolute Gasteiger partial charge is 0.355 e. The summed E-state index contributed by atoms with van der Waals surface area (Å²) in [6, 6.07) is 15.9. The number of halogens is 3. The van der Waals surface area contributed by atoms with Gasteiger partial charge in [0.1, 0.15) is 0 Å². The highest BCUT2D eigenvalue weighted by molar-refractivity contribution is 6.03. The molecule has 3 aromatic rings. The summed E-state index contributed by atoms with van der Waals surface area (Å²) in [5.41, 5.74) is 2.19. The third kappa shape index (κ3) is 4.96. The van der Waals surface area contributed by atoms with E-state index in [9.17, 15) is 22.8 Å². The maximum atomic E-state index is 13.6. The van der Waals surface area contributed by atoms with Crippen molar-refractivity contribution in [1.82, 2.24) is 5.32 Å². The minimum Gasteiger partial charge on any atom is -0.355 e. The first-order chi connectivity index (χ1) is 14.3. The highest BCUT2D eigenvalue weighted by atomic mass is 19.2. The minimum absolute atomic E-state index is 0.296. The Morgan fingerprint density at radius 3 is 2.27 bits per heavy atom. The first-order valence-corrected chi connectivity index (χ1v) is 8.99. The van der Waals surface area contributed by atoms with Crippen molar-refractivity contribution in [3.8, 4) is 0 Å². The summed E-state index contributed by atoms with van der Waals surface area (Å²) in [7, 11) is 0. The summed E-state index contributed by atoms with van der Waals surface area (Å²) < 4.78 is 39.9. The SMILES string of the molecule is Cc1ccc(Nc2ccccc2C(=O)NCC(=O)Nc2ccc(F)c(F)c2F)cc1. The van der Waals surface area contributed by atoms with Crippen LogP contribution in [0.4, 0.5) is 30.2 Å². The Bertz CT molecular complexity index is 1090. The highest BCUT2D eigenvalue weighted by Crippen LogP contribution is 2.22. The molecule has 0 bridgehead atoms. The molecule has 0 aromatic heterocycles. The Labute approximate surface area is 170 Å². The fourth-order valence-corrected chi connectivity index (χ4v) is 2.66. The van der Waals surface area contributed by atoms with E-state index in [1.54, 1.807) is 24.3 Å². The third-order valence-electron chi connectivity index (χ3n) is 4.22. The van der Waals surface area contributed by atoms with E-state index in [1.807, 2.05) is 31.2 Å². The standard InChI is InChI=1S/C22H18F3N3O2/c1-13-6-8-14(9-7-13)27-17-5-3-2-4-15(17)22(30)26-12-19(29)28-18-11-10-16(23)20(24)21(18)25/h2-11,27H,12H2,1H3,(H,26,30)(H,28,29). The molecule has 3 aromatic carbocycles. The lowest BCUT2D eigenvalue weighted by atomic mass is 10.1. The van der Waals surface area contributed by atoms with Gasteiger partial charge in [-0.2, -0.15) is 0 Å². The van der Waals surface area contributed by atoms with Crippen molar-refractivity contribution in [1.29, 1.82) is 0 Å². The van der Waals surface area contributed by atoms with E-state index in [2.05, 4.69) is 16.0 Å². The van der Waals surface area contributed by atoms with Crippen LogP contribution in [-0.4, -0.2) is 18.4 Å². The van der Waals surface area contributed by atoms with Crippen molar-refractivity contribution < 1.29 is 22.8 Å². The van der Waals surface area contributed by atoms with Crippen LogP contribution in [0.2, 0.25) is 0 Å². The predicted octanol–water partition coefficient (Wildman–Crippen LogP) is 4.52. The van der Waals surface area contributed by atoms with E-state index in [0.29, 0.717) is 17.3 Å². The van der Waals surface area contributed by atoms with Crippen LogP contribution in [0.15, 0.2) is 60.7 Å². The molecule has 0 aliphatic rings. The summed E-state index contributed by atoms with van der Waals surface area (Å²) in [5, 5.41) is 7.65. The Morgan fingerprint density at radius 1 is 0.833 bits per heavy atom. The molecule has 30 heavy (non-hydrogen) atoms. The predicted molar refractivity (Wildman–Crippen MR) is 108 cm³/mol. The van der Waals surface area contributed by atoms with Crippen molar-refractivity contribution in [3.63, 3.8) is 0 Å². The Kier molecular flexibility index (Phi) is 6.36. The number of carbonyl (C=O) groups is 2. The zero-order valence-electron chi connectivity index (χ0n) is 15.9. The zero-order valence-corrected chi connectivity index (χ0v) is 15.9. The molecule has 3 N–H and O–H groups in total. The molecule has 0 saturated heterocycles. The zero-order chi connectivity index (χ0) is 21.7. The maximum Gasteiger partial charge on any atom is 0.253 e. The van der Waals surface area contributed by atoms with E-state index in [-0.39, 0.29) is 0 Å². The van der Waals surface area contributed by atoms with E-state index in [0.717, 1.165) is 17.3 Å². The van der Waals surface area contributed by atoms with Crippen LogP contribution < -0.4 is 16.0 Å². The van der Waals surface area contributed by atoms with Gasteiger partial charge in [-0.1, -0.05) is 29.8 Å². The van der Waals surface area contributed by atoms with Gasteiger partial charge in [-0.05, 0) is 43.3 Å². The number of amides is 2. The first-order valence-electron chi connectivity index (χ1n) is 8.99. The summed E-state index contributed by atoms with van der Waals surface area (Å²) in [6.07, 6.45) is 0. The smallest absolute Gasteiger partial charge is 0.253 e. The summed E-state index contributed by atoms with van der Waals surface area (Å²) in [5.74, 6) is -5.89. The fraction of sp³-hybridized carbons (Fsp3) is 0.0909. The Hall–Kier alpha value is -3.81. The lowest BCUT2D eigenvalue weighted by molar-refractivity contribution is -0.115. The molecular weight excluding hydrogens is 395 g/mol. The fourth-order valence-electron chi connectivity index (χ4n) is 2.66. The van der Waals surface area contributed by atoms with Crippen molar-refractivity contribution in [2.24, 2.45) is 0 Å². The van der Waals surface area contributed by atoms with E-state index < -0.39 is 41.5 Å². The van der Waals surface area contributed by atoms with Gasteiger partial charge < -0.3 is 16.0 Å². The van der Waals surface area contributed by atoms with Crippen LogP contribution in [0.5, 0.6) is 0 Å². The molecule has 0 saturated carbocycles. The molecule has 0 aliphatic heterocycles. The summed E-state index contributed by atoms with van der Waals surface area (Å²) in [4.78, 5) is 24.5. The summed E-state index contributed by atoms with van der Waals surface area (Å²) in [6.45, 7) is 1.47. The maximum absolute atomic E-state index is 13.6. The quantitative estimate of drug-likeness (QED) is 0.520. The Morgan fingerprint density at radius 2 is 1.53 bits per heavy atom. The van der Waals surface area contributed by atoms with Gasteiger partial charge in [-0.25, -0.2) is 13.2 Å². The van der Waals surface area contributed by atoms with Crippen LogP contribution in [0.25, 0.3) is 0 Å². The molecule has 0 radical (unpaired) electrons. The number of anilines is 3. The van der Waals surface area contributed by atoms with Crippen molar-refractivity contribution in [2.75, 3.05) is 17.2 Å². The second-order valence-electron chi connectivity index (χ2n) is 6.49. The molecule has 3 rings (SSSR count). The van der Waals surface area contributed by atoms with Gasteiger partial charge in [-0.15, -0.1) is 0 Å².